The highest BCUT2D eigenvalue weighted by Crippen LogP contribution is 2.20. The minimum absolute atomic E-state index is 0.159. The summed E-state index contributed by atoms with van der Waals surface area (Å²) in [6.07, 6.45) is 6.43. The van der Waals surface area contributed by atoms with Crippen molar-refractivity contribution in [2.45, 2.75) is 44.6 Å². The molecular weight excluding hydrogens is 358 g/mol. The maximum atomic E-state index is 12.5. The van der Waals surface area contributed by atoms with E-state index in [1.807, 2.05) is 0 Å². The molecule has 148 valence electrons. The van der Waals surface area contributed by atoms with Gasteiger partial charge in [0.05, 0.1) is 17.5 Å². The number of benzene rings is 1. The lowest BCUT2D eigenvalue weighted by Gasteiger charge is -2.15. The Morgan fingerprint density at radius 2 is 1.79 bits per heavy atom. The van der Waals surface area contributed by atoms with Crippen molar-refractivity contribution >= 4 is 23.4 Å². The molecule has 28 heavy (non-hydrogen) atoms. The Bertz CT molecular complexity index is 811. The molecule has 0 unspecified atom stereocenters. The highest BCUT2D eigenvalue weighted by molar-refractivity contribution is 6.03. The van der Waals surface area contributed by atoms with Crippen LogP contribution in [0, 0.1) is 0 Å². The van der Waals surface area contributed by atoms with E-state index in [0.29, 0.717) is 24.2 Å². The molecule has 1 heterocycles. The third kappa shape index (κ3) is 5.45. The maximum absolute atomic E-state index is 12.5. The van der Waals surface area contributed by atoms with E-state index < -0.39 is 0 Å². The molecule has 0 atom stereocenters. The first-order chi connectivity index (χ1) is 13.6. The molecule has 1 aromatic heterocycles. The first kappa shape index (κ1) is 19.7. The Labute approximate surface area is 163 Å². The lowest BCUT2D eigenvalue weighted by molar-refractivity contribution is -0.116. The zero-order valence-electron chi connectivity index (χ0n) is 15.7. The van der Waals surface area contributed by atoms with Crippen molar-refractivity contribution < 1.29 is 18.8 Å². The van der Waals surface area contributed by atoms with E-state index in [0.717, 1.165) is 25.7 Å². The summed E-state index contributed by atoms with van der Waals surface area (Å²) in [5.74, 6) is -0.423. The monoisotopic (exact) mass is 383 g/mol. The largest absolute Gasteiger partial charge is 0.459 e. The number of para-hydroxylation sites is 1. The highest BCUT2D eigenvalue weighted by atomic mass is 16.3. The zero-order valence-corrected chi connectivity index (χ0v) is 15.7. The van der Waals surface area contributed by atoms with E-state index in [4.69, 9.17) is 4.42 Å². The molecule has 3 N–H and O–H groups in total. The number of hydrogen-bond acceptors (Lipinski definition) is 4. The van der Waals surface area contributed by atoms with Crippen molar-refractivity contribution in [1.29, 1.82) is 0 Å². The van der Waals surface area contributed by atoms with Gasteiger partial charge in [-0.2, -0.15) is 0 Å². The maximum Gasteiger partial charge on any atom is 0.286 e. The summed E-state index contributed by atoms with van der Waals surface area (Å²) >= 11 is 0. The van der Waals surface area contributed by atoms with Gasteiger partial charge < -0.3 is 20.4 Å². The van der Waals surface area contributed by atoms with Gasteiger partial charge in [0.25, 0.3) is 11.8 Å². The first-order valence-electron chi connectivity index (χ1n) is 9.65. The molecule has 7 nitrogen and oxygen atoms in total. The number of hydrogen-bond donors (Lipinski definition) is 3. The predicted molar refractivity (Wildman–Crippen MR) is 105 cm³/mol. The van der Waals surface area contributed by atoms with Crippen LogP contribution >= 0.6 is 0 Å². The van der Waals surface area contributed by atoms with Gasteiger partial charge in [-0.25, -0.2) is 0 Å². The van der Waals surface area contributed by atoms with Crippen LogP contribution in [0.3, 0.4) is 0 Å². The topological polar surface area (TPSA) is 100 Å². The van der Waals surface area contributed by atoms with Crippen LogP contribution in [0.2, 0.25) is 0 Å². The van der Waals surface area contributed by atoms with E-state index in [1.54, 1.807) is 36.4 Å². The lowest BCUT2D eigenvalue weighted by atomic mass is 10.1. The van der Waals surface area contributed by atoms with E-state index in [-0.39, 0.29) is 35.9 Å². The molecule has 1 aliphatic rings. The molecule has 1 fully saturated rings. The SMILES string of the molecule is O=C(CCCNC(=O)c1ccco1)Nc1ccccc1C(=O)NC1CCCC1. The average Bonchev–Trinajstić information content (AvgIpc) is 3.39. The molecule has 0 saturated heterocycles. The van der Waals surface area contributed by atoms with E-state index in [1.165, 1.54) is 6.26 Å². The van der Waals surface area contributed by atoms with Gasteiger partial charge in [0.2, 0.25) is 5.91 Å². The van der Waals surface area contributed by atoms with Crippen molar-refractivity contribution in [3.63, 3.8) is 0 Å². The third-order valence-corrected chi connectivity index (χ3v) is 4.75. The Balaban J connectivity index is 1.45. The number of nitrogens with one attached hydrogen (secondary N) is 3. The summed E-state index contributed by atoms with van der Waals surface area (Å²) in [5.41, 5.74) is 0.969. The fourth-order valence-electron chi connectivity index (χ4n) is 3.28. The van der Waals surface area contributed by atoms with Crippen molar-refractivity contribution in [3.8, 4) is 0 Å². The van der Waals surface area contributed by atoms with Crippen LogP contribution in [0.4, 0.5) is 5.69 Å². The van der Waals surface area contributed by atoms with E-state index >= 15 is 0 Å². The summed E-state index contributed by atoms with van der Waals surface area (Å²) in [6.45, 7) is 0.358. The second-order valence-corrected chi connectivity index (χ2v) is 6.89. The predicted octanol–water partition coefficient (Wildman–Crippen LogP) is 3.10. The smallest absolute Gasteiger partial charge is 0.286 e. The van der Waals surface area contributed by atoms with Crippen LogP contribution in [-0.2, 0) is 4.79 Å². The number of amides is 3. The molecule has 1 saturated carbocycles. The summed E-state index contributed by atoms with van der Waals surface area (Å²) in [4.78, 5) is 36.5. The number of carbonyl (C=O) groups is 3. The summed E-state index contributed by atoms with van der Waals surface area (Å²) in [7, 11) is 0. The normalized spacial score (nSPS) is 13.9. The molecule has 0 bridgehead atoms. The first-order valence-corrected chi connectivity index (χ1v) is 9.65. The summed E-state index contributed by atoms with van der Waals surface area (Å²) in [6, 6.07) is 10.4. The van der Waals surface area contributed by atoms with Crippen LogP contribution in [0.25, 0.3) is 0 Å². The molecule has 3 amide bonds. The molecule has 3 rings (SSSR count). The van der Waals surface area contributed by atoms with Crippen LogP contribution < -0.4 is 16.0 Å². The quantitative estimate of drug-likeness (QED) is 0.610. The van der Waals surface area contributed by atoms with Crippen molar-refractivity contribution in [3.05, 3.63) is 54.0 Å². The molecule has 1 aromatic carbocycles. The van der Waals surface area contributed by atoms with Crippen LogP contribution in [0.15, 0.2) is 47.1 Å². The molecular formula is C21H25N3O4. The lowest BCUT2D eigenvalue weighted by Crippen LogP contribution is -2.33. The van der Waals surface area contributed by atoms with Gasteiger partial charge in [0, 0.05) is 19.0 Å². The molecule has 0 aliphatic heterocycles. The fraction of sp³-hybridized carbons (Fsp3) is 0.381. The van der Waals surface area contributed by atoms with Gasteiger partial charge in [0.1, 0.15) is 0 Å². The van der Waals surface area contributed by atoms with Crippen LogP contribution in [0.1, 0.15) is 59.4 Å². The molecule has 2 aromatic rings. The Morgan fingerprint density at radius 1 is 1.00 bits per heavy atom. The summed E-state index contributed by atoms with van der Waals surface area (Å²) in [5, 5.41) is 8.54. The van der Waals surface area contributed by atoms with Crippen molar-refractivity contribution in [1.82, 2.24) is 10.6 Å². The molecule has 7 heteroatoms. The molecule has 0 radical (unpaired) electrons. The van der Waals surface area contributed by atoms with Gasteiger partial charge in [-0.3, -0.25) is 14.4 Å². The minimum atomic E-state index is -0.306. The van der Waals surface area contributed by atoms with Gasteiger partial charge in [-0.15, -0.1) is 0 Å². The fourth-order valence-corrected chi connectivity index (χ4v) is 3.28. The Hall–Kier alpha value is -3.09. The molecule has 1 aliphatic carbocycles. The average molecular weight is 383 g/mol. The van der Waals surface area contributed by atoms with Crippen LogP contribution in [-0.4, -0.2) is 30.3 Å². The van der Waals surface area contributed by atoms with Crippen LogP contribution in [0.5, 0.6) is 0 Å². The second kappa shape index (κ2) is 9.73. The number of carbonyl (C=O) groups excluding carboxylic acids is 3. The minimum Gasteiger partial charge on any atom is -0.459 e. The van der Waals surface area contributed by atoms with Crippen molar-refractivity contribution in [2.24, 2.45) is 0 Å². The van der Waals surface area contributed by atoms with E-state index in [9.17, 15) is 14.4 Å². The third-order valence-electron chi connectivity index (χ3n) is 4.75. The number of rotatable bonds is 8. The highest BCUT2D eigenvalue weighted by Gasteiger charge is 2.20. The summed E-state index contributed by atoms with van der Waals surface area (Å²) < 4.78 is 5.01. The van der Waals surface area contributed by atoms with Crippen molar-refractivity contribution in [2.75, 3.05) is 11.9 Å². The zero-order chi connectivity index (χ0) is 19.8. The van der Waals surface area contributed by atoms with Gasteiger partial charge >= 0.3 is 0 Å². The van der Waals surface area contributed by atoms with Gasteiger partial charge in [0.15, 0.2) is 5.76 Å². The Morgan fingerprint density at radius 3 is 2.54 bits per heavy atom. The molecule has 0 spiro atoms. The van der Waals surface area contributed by atoms with E-state index in [2.05, 4.69) is 16.0 Å². The standard InChI is InChI=1S/C21H25N3O4/c25-19(12-5-13-22-21(27)18-11-6-14-28-18)24-17-10-4-3-9-16(17)20(26)23-15-7-1-2-8-15/h3-4,6,9-11,14-15H,1-2,5,7-8,12-13H2,(H,22,27)(H,23,26)(H,24,25). The van der Waals surface area contributed by atoms with Gasteiger partial charge in [-0.05, 0) is 43.5 Å². The number of anilines is 1. The Kier molecular flexibility index (Phi) is 6.84. The van der Waals surface area contributed by atoms with Gasteiger partial charge in [-0.1, -0.05) is 25.0 Å². The number of furan rings is 1. The second-order valence-electron chi connectivity index (χ2n) is 6.89.